The van der Waals surface area contributed by atoms with E-state index in [0.29, 0.717) is 17.9 Å². The molecule has 2 heterocycles. The fraction of sp³-hybridized carbons (Fsp3) is 0.167. The lowest BCUT2D eigenvalue weighted by molar-refractivity contribution is -0.122. The first-order chi connectivity index (χ1) is 13.1. The second-order valence-electron chi connectivity index (χ2n) is 6.10. The van der Waals surface area contributed by atoms with Gasteiger partial charge in [-0.3, -0.25) is 4.79 Å². The summed E-state index contributed by atoms with van der Waals surface area (Å²) in [6.07, 6.45) is 0. The van der Waals surface area contributed by atoms with Crippen molar-refractivity contribution in [2.45, 2.75) is 20.0 Å². The van der Waals surface area contributed by atoms with Gasteiger partial charge in [-0.2, -0.15) is 4.80 Å². The van der Waals surface area contributed by atoms with Gasteiger partial charge in [0, 0.05) is 12.1 Å². The van der Waals surface area contributed by atoms with Gasteiger partial charge in [0.15, 0.2) is 0 Å². The van der Waals surface area contributed by atoms with Crippen LogP contribution in [0.1, 0.15) is 11.4 Å². The van der Waals surface area contributed by atoms with Crippen LogP contribution in [0.25, 0.3) is 22.4 Å². The van der Waals surface area contributed by atoms with Crippen LogP contribution >= 0.6 is 0 Å². The normalized spacial score (nSPS) is 11.0. The average molecular weight is 365 g/mol. The van der Waals surface area contributed by atoms with E-state index in [-0.39, 0.29) is 18.3 Å². The topological polar surface area (TPSA) is 101 Å². The zero-order chi connectivity index (χ0) is 18.8. The van der Waals surface area contributed by atoms with Crippen molar-refractivity contribution in [1.29, 1.82) is 0 Å². The third-order valence-electron chi connectivity index (χ3n) is 3.99. The molecule has 0 bridgehead atoms. The second kappa shape index (κ2) is 6.94. The van der Waals surface area contributed by atoms with Gasteiger partial charge in [-0.1, -0.05) is 6.07 Å². The summed E-state index contributed by atoms with van der Waals surface area (Å²) in [7, 11) is 0. The predicted octanol–water partition coefficient (Wildman–Crippen LogP) is 1.98. The van der Waals surface area contributed by atoms with Gasteiger partial charge in [-0.05, 0) is 54.1 Å². The Balaban J connectivity index is 1.37. The number of benzene rings is 2. The highest BCUT2D eigenvalue weighted by Gasteiger charge is 2.10. The smallest absolute Gasteiger partial charge is 0.243 e. The van der Waals surface area contributed by atoms with Gasteiger partial charge in [0.1, 0.15) is 18.2 Å². The highest BCUT2D eigenvalue weighted by atomic mass is 19.1. The van der Waals surface area contributed by atoms with E-state index < -0.39 is 0 Å². The number of nitrogens with zero attached hydrogens (tertiary/aromatic N) is 5. The highest BCUT2D eigenvalue weighted by Crippen LogP contribution is 2.14. The fourth-order valence-electron chi connectivity index (χ4n) is 2.70. The number of halogens is 1. The summed E-state index contributed by atoms with van der Waals surface area (Å²) in [5, 5.41) is 14.7. The third kappa shape index (κ3) is 3.81. The first-order valence-electron chi connectivity index (χ1n) is 8.32. The Bertz CT molecular complexity index is 1100. The van der Waals surface area contributed by atoms with Gasteiger partial charge >= 0.3 is 0 Å². The molecule has 0 unspecified atom stereocenters. The van der Waals surface area contributed by atoms with Crippen molar-refractivity contribution >= 4 is 16.9 Å². The summed E-state index contributed by atoms with van der Waals surface area (Å²) >= 11 is 0. The number of imidazole rings is 1. The Kier molecular flexibility index (Phi) is 4.33. The number of carbonyl (C=O) groups is 1. The number of tetrazole rings is 1. The zero-order valence-electron chi connectivity index (χ0n) is 14.5. The highest BCUT2D eigenvalue weighted by molar-refractivity contribution is 5.77. The number of fused-ring (bicyclic) bond motifs is 1. The predicted molar refractivity (Wildman–Crippen MR) is 95.9 cm³/mol. The molecule has 0 saturated carbocycles. The molecule has 0 aliphatic rings. The number of aromatic amines is 1. The van der Waals surface area contributed by atoms with Gasteiger partial charge in [0.25, 0.3) is 0 Å². The molecule has 136 valence electrons. The number of hydrogen-bond acceptors (Lipinski definition) is 5. The van der Waals surface area contributed by atoms with Gasteiger partial charge in [0.2, 0.25) is 11.7 Å². The molecule has 0 aliphatic heterocycles. The van der Waals surface area contributed by atoms with Gasteiger partial charge in [-0.15, -0.1) is 10.2 Å². The van der Waals surface area contributed by atoms with Crippen LogP contribution in [-0.2, 0) is 17.9 Å². The molecule has 0 atom stereocenters. The molecule has 2 N–H and O–H groups in total. The first-order valence-corrected chi connectivity index (χ1v) is 8.32. The van der Waals surface area contributed by atoms with Crippen molar-refractivity contribution in [1.82, 2.24) is 35.5 Å². The number of nitrogens with one attached hydrogen (secondary N) is 2. The van der Waals surface area contributed by atoms with Crippen molar-refractivity contribution < 1.29 is 9.18 Å². The van der Waals surface area contributed by atoms with Crippen molar-refractivity contribution in [3.05, 3.63) is 59.7 Å². The molecule has 2 aromatic carbocycles. The molecule has 1 amide bonds. The Hall–Kier alpha value is -3.62. The number of aromatic nitrogens is 6. The van der Waals surface area contributed by atoms with E-state index in [1.54, 1.807) is 12.1 Å². The van der Waals surface area contributed by atoms with Crippen molar-refractivity contribution in [3.8, 4) is 11.4 Å². The molecule has 27 heavy (non-hydrogen) atoms. The number of aryl methyl sites for hydroxylation is 1. The van der Waals surface area contributed by atoms with Gasteiger partial charge in [0.05, 0.1) is 11.0 Å². The fourth-order valence-corrected chi connectivity index (χ4v) is 2.70. The lowest BCUT2D eigenvalue weighted by Crippen LogP contribution is -2.28. The maximum absolute atomic E-state index is 13.0. The SMILES string of the molecule is Cc1nc2ccc(CNC(=O)Cn3nnc(-c4ccc(F)cc4)n3)cc2[nH]1. The maximum atomic E-state index is 13.0. The van der Waals surface area contributed by atoms with E-state index >= 15 is 0 Å². The van der Waals surface area contributed by atoms with Crippen LogP contribution in [0.5, 0.6) is 0 Å². The first kappa shape index (κ1) is 16.8. The van der Waals surface area contributed by atoms with Crippen LogP contribution < -0.4 is 5.32 Å². The lowest BCUT2D eigenvalue weighted by Gasteiger charge is -2.04. The number of hydrogen-bond donors (Lipinski definition) is 2. The van der Waals surface area contributed by atoms with Crippen molar-refractivity contribution in [3.63, 3.8) is 0 Å². The van der Waals surface area contributed by atoms with Crippen molar-refractivity contribution in [2.75, 3.05) is 0 Å². The molecule has 0 saturated heterocycles. The molecule has 9 heteroatoms. The van der Waals surface area contributed by atoms with Crippen LogP contribution in [-0.4, -0.2) is 36.1 Å². The maximum Gasteiger partial charge on any atom is 0.243 e. The molecule has 0 spiro atoms. The number of amides is 1. The Morgan fingerprint density at radius 3 is 2.85 bits per heavy atom. The molecule has 2 aromatic heterocycles. The summed E-state index contributed by atoms with van der Waals surface area (Å²) in [6.45, 7) is 2.22. The minimum absolute atomic E-state index is 0.0559. The number of rotatable bonds is 5. The number of H-pyrrole nitrogens is 1. The Labute approximate surface area is 153 Å². The number of carbonyl (C=O) groups excluding carboxylic acids is 1. The molecule has 4 aromatic rings. The Morgan fingerprint density at radius 2 is 2.04 bits per heavy atom. The molecule has 4 rings (SSSR count). The van der Waals surface area contributed by atoms with Gasteiger partial charge < -0.3 is 10.3 Å². The monoisotopic (exact) mass is 365 g/mol. The summed E-state index contributed by atoms with van der Waals surface area (Å²) in [5.74, 6) is 0.608. The van der Waals surface area contributed by atoms with E-state index in [4.69, 9.17) is 0 Å². The summed E-state index contributed by atoms with van der Waals surface area (Å²) in [5.41, 5.74) is 3.41. The third-order valence-corrected chi connectivity index (χ3v) is 3.99. The molecule has 0 fully saturated rings. The van der Waals surface area contributed by atoms with Crippen LogP contribution in [0.15, 0.2) is 42.5 Å². The molecular formula is C18H16FN7O. The van der Waals surface area contributed by atoms with Crippen LogP contribution in [0.2, 0.25) is 0 Å². The standard InChI is InChI=1S/C18H16FN7O/c1-11-21-15-7-2-12(8-16(15)22-11)9-20-17(27)10-26-24-18(23-25-26)13-3-5-14(19)6-4-13/h2-8H,9-10H2,1H3,(H,20,27)(H,21,22). The Morgan fingerprint density at radius 1 is 1.22 bits per heavy atom. The summed E-state index contributed by atoms with van der Waals surface area (Å²) < 4.78 is 13.0. The van der Waals surface area contributed by atoms with Gasteiger partial charge in [-0.25, -0.2) is 9.37 Å². The molecule has 8 nitrogen and oxygen atoms in total. The van der Waals surface area contributed by atoms with Crippen LogP contribution in [0.3, 0.4) is 0 Å². The van der Waals surface area contributed by atoms with E-state index in [2.05, 4.69) is 30.7 Å². The van der Waals surface area contributed by atoms with E-state index in [9.17, 15) is 9.18 Å². The molecule has 0 aliphatic carbocycles. The van der Waals surface area contributed by atoms with E-state index in [1.165, 1.54) is 16.9 Å². The van der Waals surface area contributed by atoms with Crippen LogP contribution in [0.4, 0.5) is 4.39 Å². The summed E-state index contributed by atoms with van der Waals surface area (Å²) in [6, 6.07) is 11.5. The van der Waals surface area contributed by atoms with Crippen LogP contribution in [0, 0.1) is 12.7 Å². The van der Waals surface area contributed by atoms with E-state index in [1.807, 2.05) is 25.1 Å². The molecule has 0 radical (unpaired) electrons. The minimum Gasteiger partial charge on any atom is -0.350 e. The van der Waals surface area contributed by atoms with Crippen molar-refractivity contribution in [2.24, 2.45) is 0 Å². The molecular weight excluding hydrogens is 349 g/mol. The minimum atomic E-state index is -0.339. The zero-order valence-corrected chi connectivity index (χ0v) is 14.5. The lowest BCUT2D eigenvalue weighted by atomic mass is 10.2. The quantitative estimate of drug-likeness (QED) is 0.563. The van der Waals surface area contributed by atoms with E-state index in [0.717, 1.165) is 22.4 Å². The second-order valence-corrected chi connectivity index (χ2v) is 6.10. The largest absolute Gasteiger partial charge is 0.350 e. The summed E-state index contributed by atoms with van der Waals surface area (Å²) in [4.78, 5) is 20.9. The average Bonchev–Trinajstić information content (AvgIpc) is 3.25.